The molecule has 0 aliphatic rings. The molecule has 19 heavy (non-hydrogen) atoms. The molecule has 5 nitrogen and oxygen atoms in total. The Labute approximate surface area is 115 Å². The van der Waals surface area contributed by atoms with Gasteiger partial charge in [0.2, 0.25) is 0 Å². The van der Waals surface area contributed by atoms with Crippen LogP contribution >= 0.6 is 0 Å². The van der Waals surface area contributed by atoms with E-state index in [0.717, 1.165) is 5.56 Å². The van der Waals surface area contributed by atoms with Gasteiger partial charge in [0, 0.05) is 18.3 Å². The van der Waals surface area contributed by atoms with Gasteiger partial charge in [-0.2, -0.15) is 5.10 Å². The summed E-state index contributed by atoms with van der Waals surface area (Å²) in [5.41, 5.74) is 0.951. The van der Waals surface area contributed by atoms with Crippen molar-refractivity contribution in [1.29, 1.82) is 0 Å². The van der Waals surface area contributed by atoms with E-state index in [9.17, 15) is 4.79 Å². The van der Waals surface area contributed by atoms with Gasteiger partial charge in [0.25, 0.3) is 0 Å². The van der Waals surface area contributed by atoms with E-state index in [-0.39, 0.29) is 5.54 Å². The number of hydrogen-bond donors (Lipinski definition) is 2. The molecule has 0 aliphatic heterocycles. The quantitative estimate of drug-likeness (QED) is 0.829. The third-order valence-corrected chi connectivity index (χ3v) is 2.88. The predicted molar refractivity (Wildman–Crippen MR) is 74.9 cm³/mol. The monoisotopic (exact) mass is 267 g/mol. The highest BCUT2D eigenvalue weighted by molar-refractivity contribution is 5.73. The number of hydrogen-bond acceptors (Lipinski definition) is 3. The van der Waals surface area contributed by atoms with Crippen LogP contribution in [-0.4, -0.2) is 26.9 Å². The van der Waals surface area contributed by atoms with Crippen LogP contribution in [-0.2, 0) is 16.9 Å². The molecule has 0 amide bonds. The van der Waals surface area contributed by atoms with Gasteiger partial charge >= 0.3 is 5.97 Å². The molecule has 0 saturated heterocycles. The molecule has 0 aromatic carbocycles. The van der Waals surface area contributed by atoms with Gasteiger partial charge in [-0.1, -0.05) is 13.8 Å². The zero-order chi connectivity index (χ0) is 14.6. The van der Waals surface area contributed by atoms with Crippen LogP contribution in [0.15, 0.2) is 12.4 Å². The summed E-state index contributed by atoms with van der Waals surface area (Å²) in [7, 11) is 0. The van der Waals surface area contributed by atoms with E-state index in [1.807, 2.05) is 24.7 Å². The van der Waals surface area contributed by atoms with Crippen molar-refractivity contribution in [1.82, 2.24) is 15.1 Å². The van der Waals surface area contributed by atoms with Crippen molar-refractivity contribution in [3.63, 3.8) is 0 Å². The minimum Gasteiger partial charge on any atom is -0.480 e. The molecule has 2 N–H and O–H groups in total. The summed E-state index contributed by atoms with van der Waals surface area (Å²) >= 11 is 0. The second-order valence-corrected chi connectivity index (χ2v) is 6.37. The first-order valence-electron chi connectivity index (χ1n) is 6.70. The van der Waals surface area contributed by atoms with Crippen LogP contribution in [0.25, 0.3) is 0 Å². The van der Waals surface area contributed by atoms with Crippen LogP contribution < -0.4 is 5.32 Å². The number of nitrogens with zero attached hydrogens (tertiary/aromatic N) is 2. The van der Waals surface area contributed by atoms with Crippen LogP contribution in [0.5, 0.6) is 0 Å². The molecule has 0 saturated carbocycles. The highest BCUT2D eigenvalue weighted by Crippen LogP contribution is 2.13. The van der Waals surface area contributed by atoms with Crippen LogP contribution in [0.2, 0.25) is 0 Å². The zero-order valence-corrected chi connectivity index (χ0v) is 12.5. The van der Waals surface area contributed by atoms with Crippen molar-refractivity contribution < 1.29 is 9.90 Å². The average molecular weight is 267 g/mol. The molecule has 1 rings (SSSR count). The molecule has 0 aliphatic carbocycles. The minimum absolute atomic E-state index is 0.0532. The van der Waals surface area contributed by atoms with E-state index in [2.05, 4.69) is 31.2 Å². The number of carboxylic acid groups (broad SMARTS) is 1. The number of carboxylic acids is 1. The Hall–Kier alpha value is -1.36. The van der Waals surface area contributed by atoms with Gasteiger partial charge < -0.3 is 10.4 Å². The fraction of sp³-hybridized carbons (Fsp3) is 0.714. The van der Waals surface area contributed by atoms with Crippen molar-refractivity contribution >= 4 is 5.97 Å². The summed E-state index contributed by atoms with van der Waals surface area (Å²) in [6.45, 7) is 10.8. The van der Waals surface area contributed by atoms with Crippen LogP contribution in [0.1, 0.15) is 46.6 Å². The van der Waals surface area contributed by atoms with Crippen molar-refractivity contribution in [2.75, 3.05) is 0 Å². The molecule has 0 bridgehead atoms. The molecular formula is C14H25N3O2. The molecular weight excluding hydrogens is 242 g/mol. The Balaban J connectivity index is 2.60. The van der Waals surface area contributed by atoms with Gasteiger partial charge in [0.15, 0.2) is 0 Å². The summed E-state index contributed by atoms with van der Waals surface area (Å²) in [5.74, 6) is -0.442. The fourth-order valence-corrected chi connectivity index (χ4v) is 1.80. The molecule has 0 radical (unpaired) electrons. The molecule has 1 unspecified atom stereocenters. The third kappa shape index (κ3) is 5.03. The first-order chi connectivity index (χ1) is 8.70. The summed E-state index contributed by atoms with van der Waals surface area (Å²) in [6.07, 6.45) is 4.37. The lowest BCUT2D eigenvalue weighted by atomic mass is 10.0. The zero-order valence-electron chi connectivity index (χ0n) is 12.5. The van der Waals surface area contributed by atoms with Gasteiger partial charge in [-0.25, -0.2) is 0 Å². The first kappa shape index (κ1) is 15.7. The maximum absolute atomic E-state index is 11.1. The van der Waals surface area contributed by atoms with Gasteiger partial charge in [0.1, 0.15) is 6.04 Å². The predicted octanol–water partition coefficient (Wildman–Crippen LogP) is 2.23. The SMILES string of the molecule is CC(C)CC(NCc1cnn(C(C)(C)C)c1)C(=O)O. The molecule has 108 valence electrons. The molecule has 0 fully saturated rings. The summed E-state index contributed by atoms with van der Waals surface area (Å²) in [4.78, 5) is 11.1. The van der Waals surface area contributed by atoms with Crippen molar-refractivity contribution in [2.45, 2.75) is 59.2 Å². The molecule has 1 aromatic rings. The van der Waals surface area contributed by atoms with E-state index in [0.29, 0.717) is 18.9 Å². The van der Waals surface area contributed by atoms with E-state index >= 15 is 0 Å². The standard InChI is InChI=1S/C14H25N3O2/c1-10(2)6-12(13(18)19)15-7-11-8-16-17(9-11)14(3,4)5/h8-10,12,15H,6-7H2,1-5H3,(H,18,19). The highest BCUT2D eigenvalue weighted by Gasteiger charge is 2.19. The van der Waals surface area contributed by atoms with Gasteiger partial charge in [-0.3, -0.25) is 9.48 Å². The Morgan fingerprint density at radius 2 is 2.11 bits per heavy atom. The second-order valence-electron chi connectivity index (χ2n) is 6.37. The lowest BCUT2D eigenvalue weighted by Crippen LogP contribution is -2.37. The summed E-state index contributed by atoms with van der Waals surface area (Å²) < 4.78 is 1.89. The Bertz CT molecular complexity index is 419. The van der Waals surface area contributed by atoms with Gasteiger partial charge in [-0.15, -0.1) is 0 Å². The van der Waals surface area contributed by atoms with Crippen molar-refractivity contribution in [3.8, 4) is 0 Å². The minimum atomic E-state index is -0.795. The number of rotatable bonds is 6. The van der Waals surface area contributed by atoms with E-state index in [4.69, 9.17) is 5.11 Å². The molecule has 0 spiro atoms. The average Bonchev–Trinajstić information content (AvgIpc) is 2.71. The lowest BCUT2D eigenvalue weighted by molar-refractivity contribution is -0.140. The van der Waals surface area contributed by atoms with Gasteiger partial charge in [0.05, 0.1) is 11.7 Å². The molecule has 5 heteroatoms. The van der Waals surface area contributed by atoms with Crippen LogP contribution in [0.3, 0.4) is 0 Å². The Morgan fingerprint density at radius 3 is 2.53 bits per heavy atom. The van der Waals surface area contributed by atoms with E-state index in [1.165, 1.54) is 0 Å². The van der Waals surface area contributed by atoms with Crippen LogP contribution in [0.4, 0.5) is 0 Å². The molecule has 1 heterocycles. The van der Waals surface area contributed by atoms with Gasteiger partial charge in [-0.05, 0) is 33.1 Å². The summed E-state index contributed by atoms with van der Waals surface area (Å²) in [6, 6.07) is -0.502. The third-order valence-electron chi connectivity index (χ3n) is 2.88. The largest absolute Gasteiger partial charge is 0.480 e. The number of aromatic nitrogens is 2. The van der Waals surface area contributed by atoms with Crippen molar-refractivity contribution in [2.24, 2.45) is 5.92 Å². The Morgan fingerprint density at radius 1 is 1.47 bits per heavy atom. The molecule has 1 aromatic heterocycles. The number of nitrogens with one attached hydrogen (secondary N) is 1. The lowest BCUT2D eigenvalue weighted by Gasteiger charge is -2.19. The normalized spacial score (nSPS) is 13.8. The fourth-order valence-electron chi connectivity index (χ4n) is 1.80. The van der Waals surface area contributed by atoms with Crippen LogP contribution in [0, 0.1) is 5.92 Å². The van der Waals surface area contributed by atoms with E-state index in [1.54, 1.807) is 6.20 Å². The maximum atomic E-state index is 11.1. The first-order valence-corrected chi connectivity index (χ1v) is 6.70. The van der Waals surface area contributed by atoms with Crippen molar-refractivity contribution in [3.05, 3.63) is 18.0 Å². The highest BCUT2D eigenvalue weighted by atomic mass is 16.4. The molecule has 1 atom stereocenters. The maximum Gasteiger partial charge on any atom is 0.320 e. The smallest absolute Gasteiger partial charge is 0.320 e. The Kier molecular flexibility index (Phi) is 5.11. The topological polar surface area (TPSA) is 67.2 Å². The summed E-state index contributed by atoms with van der Waals surface area (Å²) in [5, 5.41) is 16.5. The number of carbonyl (C=O) groups is 1. The second kappa shape index (κ2) is 6.19. The number of aliphatic carboxylic acids is 1. The van der Waals surface area contributed by atoms with E-state index < -0.39 is 12.0 Å².